The van der Waals surface area contributed by atoms with Crippen molar-refractivity contribution in [2.24, 2.45) is 11.8 Å². The molecule has 0 aromatic carbocycles. The zero-order chi connectivity index (χ0) is 11.8. The van der Waals surface area contributed by atoms with Crippen LogP contribution in [0.2, 0.25) is 0 Å². The Kier molecular flexibility index (Phi) is 7.39. The van der Waals surface area contributed by atoms with Crippen molar-refractivity contribution >= 4 is 5.97 Å². The molecule has 0 heterocycles. The summed E-state index contributed by atoms with van der Waals surface area (Å²) in [7, 11) is 0. The second-order valence-corrected chi connectivity index (χ2v) is 4.23. The second kappa shape index (κ2) is 7.69. The third-order valence-electron chi connectivity index (χ3n) is 2.54. The molecule has 1 N–H and O–H groups in total. The van der Waals surface area contributed by atoms with Crippen molar-refractivity contribution in [3.63, 3.8) is 0 Å². The fourth-order valence-corrected chi connectivity index (χ4v) is 1.70. The fourth-order valence-electron chi connectivity index (χ4n) is 1.70. The van der Waals surface area contributed by atoms with Crippen LogP contribution in [0.15, 0.2) is 0 Å². The summed E-state index contributed by atoms with van der Waals surface area (Å²) in [5, 5.41) is 9.91. The first-order valence-corrected chi connectivity index (χ1v) is 5.89. The molecule has 0 fully saturated rings. The Morgan fingerprint density at radius 2 is 1.93 bits per heavy atom. The van der Waals surface area contributed by atoms with Gasteiger partial charge in [0, 0.05) is 0 Å². The van der Waals surface area contributed by atoms with Crippen LogP contribution in [0.4, 0.5) is 0 Å². The van der Waals surface area contributed by atoms with Crippen molar-refractivity contribution in [3.8, 4) is 0 Å². The molecule has 0 aromatic rings. The minimum absolute atomic E-state index is 0.121. The third-order valence-corrected chi connectivity index (χ3v) is 2.54. The van der Waals surface area contributed by atoms with Gasteiger partial charge in [0.15, 0.2) is 0 Å². The molecule has 0 aliphatic carbocycles. The molecule has 0 rings (SSSR count). The first-order valence-electron chi connectivity index (χ1n) is 5.89. The van der Waals surface area contributed by atoms with E-state index in [4.69, 9.17) is 4.74 Å². The number of aliphatic hydroxyl groups excluding tert-OH is 1. The van der Waals surface area contributed by atoms with E-state index in [-0.39, 0.29) is 17.8 Å². The molecule has 0 radical (unpaired) electrons. The smallest absolute Gasteiger partial charge is 0.311 e. The average molecular weight is 216 g/mol. The monoisotopic (exact) mass is 216 g/mol. The second-order valence-electron chi connectivity index (χ2n) is 4.23. The molecule has 3 nitrogen and oxygen atoms in total. The van der Waals surface area contributed by atoms with E-state index in [9.17, 15) is 9.90 Å². The van der Waals surface area contributed by atoms with E-state index in [1.165, 1.54) is 0 Å². The Balaban J connectivity index is 4.30. The van der Waals surface area contributed by atoms with Gasteiger partial charge in [-0.3, -0.25) is 4.79 Å². The average Bonchev–Trinajstić information content (AvgIpc) is 2.14. The van der Waals surface area contributed by atoms with Gasteiger partial charge >= 0.3 is 5.97 Å². The predicted molar refractivity (Wildman–Crippen MR) is 60.5 cm³/mol. The standard InChI is InChI=1S/C12H24O3/c1-5-7-8-10(13)11(9(3)4)12(14)15-6-2/h9-11,13H,5-8H2,1-4H3. The number of aliphatic hydroxyl groups is 1. The Morgan fingerprint density at radius 1 is 1.33 bits per heavy atom. The summed E-state index contributed by atoms with van der Waals surface area (Å²) in [5.41, 5.74) is 0. The highest BCUT2D eigenvalue weighted by Crippen LogP contribution is 2.21. The number of ether oxygens (including phenoxy) is 1. The van der Waals surface area contributed by atoms with E-state index in [0.717, 1.165) is 12.8 Å². The zero-order valence-electron chi connectivity index (χ0n) is 10.3. The van der Waals surface area contributed by atoms with Gasteiger partial charge in [0.05, 0.1) is 18.6 Å². The van der Waals surface area contributed by atoms with E-state index in [2.05, 4.69) is 6.92 Å². The van der Waals surface area contributed by atoms with E-state index in [1.54, 1.807) is 6.92 Å². The molecule has 0 saturated heterocycles. The van der Waals surface area contributed by atoms with Crippen LogP contribution in [0.25, 0.3) is 0 Å². The Bertz CT molecular complexity index is 178. The minimum atomic E-state index is -0.566. The lowest BCUT2D eigenvalue weighted by molar-refractivity contribution is -0.154. The summed E-state index contributed by atoms with van der Waals surface area (Å²) in [4.78, 5) is 11.6. The number of hydrogen-bond acceptors (Lipinski definition) is 3. The summed E-state index contributed by atoms with van der Waals surface area (Å²) in [5.74, 6) is -0.525. The maximum Gasteiger partial charge on any atom is 0.311 e. The third kappa shape index (κ3) is 5.17. The van der Waals surface area contributed by atoms with E-state index in [1.807, 2.05) is 13.8 Å². The lowest BCUT2D eigenvalue weighted by atomic mass is 9.88. The van der Waals surface area contributed by atoms with Crippen LogP contribution in [-0.2, 0) is 9.53 Å². The molecule has 2 atom stereocenters. The molecular formula is C12H24O3. The number of rotatable bonds is 7. The molecule has 0 aliphatic rings. The summed E-state index contributed by atoms with van der Waals surface area (Å²) >= 11 is 0. The van der Waals surface area contributed by atoms with E-state index >= 15 is 0 Å². The van der Waals surface area contributed by atoms with Gasteiger partial charge in [0.2, 0.25) is 0 Å². The number of unbranched alkanes of at least 4 members (excludes halogenated alkanes) is 1. The van der Waals surface area contributed by atoms with Gasteiger partial charge in [0.25, 0.3) is 0 Å². The summed E-state index contributed by atoms with van der Waals surface area (Å²) in [6.07, 6.45) is 2.09. The lowest BCUT2D eigenvalue weighted by Crippen LogP contribution is -2.34. The van der Waals surface area contributed by atoms with Gasteiger partial charge in [-0.05, 0) is 19.3 Å². The quantitative estimate of drug-likeness (QED) is 0.665. The highest BCUT2D eigenvalue weighted by atomic mass is 16.5. The largest absolute Gasteiger partial charge is 0.466 e. The molecule has 0 bridgehead atoms. The van der Waals surface area contributed by atoms with Crippen LogP contribution < -0.4 is 0 Å². The number of esters is 1. The SMILES string of the molecule is CCCCC(O)C(C(=O)OCC)C(C)C. The zero-order valence-corrected chi connectivity index (χ0v) is 10.3. The molecule has 0 aliphatic heterocycles. The van der Waals surface area contributed by atoms with Gasteiger partial charge in [0.1, 0.15) is 0 Å². The van der Waals surface area contributed by atoms with Gasteiger partial charge in [-0.2, -0.15) is 0 Å². The summed E-state index contributed by atoms with van der Waals surface area (Å²) in [6, 6.07) is 0. The fraction of sp³-hybridized carbons (Fsp3) is 0.917. The molecule has 3 heteroatoms. The maximum atomic E-state index is 11.6. The van der Waals surface area contributed by atoms with Crippen molar-refractivity contribution in [1.82, 2.24) is 0 Å². The predicted octanol–water partition coefficient (Wildman–Crippen LogP) is 2.37. The molecule has 90 valence electrons. The summed E-state index contributed by atoms with van der Waals surface area (Å²) < 4.78 is 4.97. The Morgan fingerprint density at radius 3 is 2.33 bits per heavy atom. The Labute approximate surface area is 92.8 Å². The first kappa shape index (κ1) is 14.4. The van der Waals surface area contributed by atoms with Crippen LogP contribution >= 0.6 is 0 Å². The van der Waals surface area contributed by atoms with Crippen LogP contribution in [0.5, 0.6) is 0 Å². The van der Waals surface area contributed by atoms with Crippen LogP contribution in [0, 0.1) is 11.8 Å². The highest BCUT2D eigenvalue weighted by molar-refractivity contribution is 5.73. The molecule has 2 unspecified atom stereocenters. The van der Waals surface area contributed by atoms with E-state index in [0.29, 0.717) is 13.0 Å². The van der Waals surface area contributed by atoms with Crippen molar-refractivity contribution in [3.05, 3.63) is 0 Å². The molecule has 0 saturated carbocycles. The highest BCUT2D eigenvalue weighted by Gasteiger charge is 2.30. The van der Waals surface area contributed by atoms with Crippen molar-refractivity contribution < 1.29 is 14.6 Å². The molecule has 0 aromatic heterocycles. The number of carbonyl (C=O) groups is 1. The molecule has 0 amide bonds. The summed E-state index contributed by atoms with van der Waals surface area (Å²) in [6.45, 7) is 8.12. The van der Waals surface area contributed by atoms with Crippen LogP contribution in [0.1, 0.15) is 47.0 Å². The lowest BCUT2D eigenvalue weighted by Gasteiger charge is -2.24. The number of carbonyl (C=O) groups excluding carboxylic acids is 1. The maximum absolute atomic E-state index is 11.6. The Hall–Kier alpha value is -0.570. The normalized spacial score (nSPS) is 15.1. The van der Waals surface area contributed by atoms with E-state index < -0.39 is 6.10 Å². The molecular weight excluding hydrogens is 192 g/mol. The van der Waals surface area contributed by atoms with Gasteiger partial charge in [-0.1, -0.05) is 33.6 Å². The number of hydrogen-bond donors (Lipinski definition) is 1. The molecule has 15 heavy (non-hydrogen) atoms. The van der Waals surface area contributed by atoms with Crippen molar-refractivity contribution in [1.29, 1.82) is 0 Å². The van der Waals surface area contributed by atoms with Crippen molar-refractivity contribution in [2.75, 3.05) is 6.61 Å². The van der Waals surface area contributed by atoms with Gasteiger partial charge < -0.3 is 9.84 Å². The topological polar surface area (TPSA) is 46.5 Å². The van der Waals surface area contributed by atoms with Crippen LogP contribution in [-0.4, -0.2) is 23.8 Å². The van der Waals surface area contributed by atoms with Crippen molar-refractivity contribution in [2.45, 2.75) is 53.1 Å². The van der Waals surface area contributed by atoms with Crippen LogP contribution in [0.3, 0.4) is 0 Å². The van der Waals surface area contributed by atoms with Gasteiger partial charge in [-0.15, -0.1) is 0 Å². The van der Waals surface area contributed by atoms with Gasteiger partial charge in [-0.25, -0.2) is 0 Å². The minimum Gasteiger partial charge on any atom is -0.466 e. The molecule has 0 spiro atoms. The first-order chi connectivity index (χ1) is 7.04.